The van der Waals surface area contributed by atoms with E-state index in [1.165, 1.54) is 0 Å². The van der Waals surface area contributed by atoms with Gasteiger partial charge in [0, 0.05) is 38.6 Å². The van der Waals surface area contributed by atoms with Gasteiger partial charge >= 0.3 is 0 Å². The zero-order valence-electron chi connectivity index (χ0n) is 10.8. The molecule has 1 aromatic rings. The van der Waals surface area contributed by atoms with Crippen molar-refractivity contribution >= 4 is 5.82 Å². The van der Waals surface area contributed by atoms with Crippen LogP contribution in [0.4, 0.5) is 5.82 Å². The zero-order chi connectivity index (χ0) is 12.5. The Kier molecular flexibility index (Phi) is 6.50. The molecule has 5 heteroatoms. The average molecular weight is 239 g/mol. The third kappa shape index (κ3) is 5.60. The van der Waals surface area contributed by atoms with Crippen molar-refractivity contribution < 1.29 is 9.47 Å². The van der Waals surface area contributed by atoms with Crippen molar-refractivity contribution in [2.24, 2.45) is 0 Å². The molecule has 5 nitrogen and oxygen atoms in total. The summed E-state index contributed by atoms with van der Waals surface area (Å²) in [6, 6.07) is 1.93. The fourth-order valence-electron chi connectivity index (χ4n) is 1.44. The molecular formula is C12H21N3O2. The lowest BCUT2D eigenvalue weighted by molar-refractivity contribution is 0.0890. The van der Waals surface area contributed by atoms with Gasteiger partial charge < -0.3 is 14.8 Å². The molecule has 1 aromatic heterocycles. The Morgan fingerprint density at radius 3 is 2.82 bits per heavy atom. The minimum atomic E-state index is 0.448. The first-order valence-corrected chi connectivity index (χ1v) is 5.91. The minimum Gasteiger partial charge on any atom is -0.385 e. The Hall–Kier alpha value is -1.20. The molecule has 0 amide bonds. The summed E-state index contributed by atoms with van der Waals surface area (Å²) >= 11 is 0. The SMILES string of the molecule is CCNc1cc(C)nc(COCCCOC)n1. The van der Waals surface area contributed by atoms with Crippen LogP contribution in [0.2, 0.25) is 0 Å². The summed E-state index contributed by atoms with van der Waals surface area (Å²) in [5.74, 6) is 1.58. The molecule has 0 saturated heterocycles. The fraction of sp³-hybridized carbons (Fsp3) is 0.667. The number of aromatic nitrogens is 2. The number of nitrogens with zero attached hydrogens (tertiary/aromatic N) is 2. The van der Waals surface area contributed by atoms with Crippen molar-refractivity contribution in [3.8, 4) is 0 Å². The first kappa shape index (κ1) is 13.9. The monoisotopic (exact) mass is 239 g/mol. The number of nitrogens with one attached hydrogen (secondary N) is 1. The van der Waals surface area contributed by atoms with E-state index in [9.17, 15) is 0 Å². The Balaban J connectivity index is 2.41. The van der Waals surface area contributed by atoms with Gasteiger partial charge in [0.25, 0.3) is 0 Å². The molecule has 0 aliphatic rings. The molecule has 0 aromatic carbocycles. The van der Waals surface area contributed by atoms with Gasteiger partial charge in [-0.15, -0.1) is 0 Å². The quantitative estimate of drug-likeness (QED) is 0.701. The molecule has 1 N–H and O–H groups in total. The highest BCUT2D eigenvalue weighted by atomic mass is 16.5. The Bertz CT molecular complexity index is 332. The largest absolute Gasteiger partial charge is 0.385 e. The molecule has 0 fully saturated rings. The van der Waals surface area contributed by atoms with Gasteiger partial charge in [-0.2, -0.15) is 0 Å². The lowest BCUT2D eigenvalue weighted by atomic mass is 10.4. The van der Waals surface area contributed by atoms with Crippen LogP contribution in [0.3, 0.4) is 0 Å². The number of hydrogen-bond donors (Lipinski definition) is 1. The zero-order valence-corrected chi connectivity index (χ0v) is 10.8. The fourth-order valence-corrected chi connectivity index (χ4v) is 1.44. The lowest BCUT2D eigenvalue weighted by Crippen LogP contribution is -2.07. The first-order valence-electron chi connectivity index (χ1n) is 5.91. The van der Waals surface area contributed by atoms with Crippen LogP contribution in [-0.2, 0) is 16.1 Å². The van der Waals surface area contributed by atoms with E-state index in [0.717, 1.165) is 36.9 Å². The second-order valence-electron chi connectivity index (χ2n) is 3.74. The molecule has 0 atom stereocenters. The second kappa shape index (κ2) is 7.97. The summed E-state index contributed by atoms with van der Waals surface area (Å²) in [6.07, 6.45) is 0.891. The lowest BCUT2D eigenvalue weighted by Gasteiger charge is -2.07. The smallest absolute Gasteiger partial charge is 0.156 e. The molecule has 0 bridgehead atoms. The number of ether oxygens (including phenoxy) is 2. The maximum atomic E-state index is 5.48. The molecule has 0 aliphatic heterocycles. The molecule has 1 rings (SSSR count). The summed E-state index contributed by atoms with van der Waals surface area (Å²) in [6.45, 7) is 6.68. The van der Waals surface area contributed by atoms with Crippen molar-refractivity contribution in [1.29, 1.82) is 0 Å². The van der Waals surface area contributed by atoms with Gasteiger partial charge in [-0.3, -0.25) is 0 Å². The van der Waals surface area contributed by atoms with Gasteiger partial charge in [-0.25, -0.2) is 9.97 Å². The van der Waals surface area contributed by atoms with E-state index in [2.05, 4.69) is 15.3 Å². The van der Waals surface area contributed by atoms with Crippen molar-refractivity contribution in [2.75, 3.05) is 32.2 Å². The number of rotatable bonds is 8. The van der Waals surface area contributed by atoms with Crippen LogP contribution in [0, 0.1) is 6.92 Å². The summed E-state index contributed by atoms with van der Waals surface area (Å²) in [5, 5.41) is 3.17. The Labute approximate surface area is 103 Å². The topological polar surface area (TPSA) is 56.3 Å². The summed E-state index contributed by atoms with van der Waals surface area (Å²) in [7, 11) is 1.69. The minimum absolute atomic E-state index is 0.448. The molecule has 96 valence electrons. The van der Waals surface area contributed by atoms with Crippen LogP contribution in [0.25, 0.3) is 0 Å². The van der Waals surface area contributed by atoms with E-state index in [-0.39, 0.29) is 0 Å². The van der Waals surface area contributed by atoms with Crippen molar-refractivity contribution in [1.82, 2.24) is 9.97 Å². The number of hydrogen-bond acceptors (Lipinski definition) is 5. The predicted molar refractivity (Wildman–Crippen MR) is 67.1 cm³/mol. The molecule has 0 saturated carbocycles. The van der Waals surface area contributed by atoms with Gasteiger partial charge in [0.05, 0.1) is 0 Å². The van der Waals surface area contributed by atoms with Crippen molar-refractivity contribution in [3.63, 3.8) is 0 Å². The van der Waals surface area contributed by atoms with E-state index < -0.39 is 0 Å². The summed E-state index contributed by atoms with van der Waals surface area (Å²) < 4.78 is 10.4. The van der Waals surface area contributed by atoms with Gasteiger partial charge in [0.1, 0.15) is 12.4 Å². The number of aryl methyl sites for hydroxylation is 1. The Morgan fingerprint density at radius 1 is 1.29 bits per heavy atom. The van der Waals surface area contributed by atoms with Gasteiger partial charge in [-0.05, 0) is 20.3 Å². The van der Waals surface area contributed by atoms with E-state index in [0.29, 0.717) is 13.2 Å². The van der Waals surface area contributed by atoms with E-state index in [4.69, 9.17) is 9.47 Å². The highest BCUT2D eigenvalue weighted by Crippen LogP contribution is 2.06. The van der Waals surface area contributed by atoms with Crippen LogP contribution in [0.15, 0.2) is 6.07 Å². The van der Waals surface area contributed by atoms with Crippen molar-refractivity contribution in [2.45, 2.75) is 26.9 Å². The van der Waals surface area contributed by atoms with Crippen LogP contribution < -0.4 is 5.32 Å². The maximum Gasteiger partial charge on any atom is 0.156 e. The molecule has 17 heavy (non-hydrogen) atoms. The summed E-state index contributed by atoms with van der Waals surface area (Å²) in [4.78, 5) is 8.69. The molecular weight excluding hydrogens is 218 g/mol. The van der Waals surface area contributed by atoms with E-state index in [1.807, 2.05) is 19.9 Å². The first-order chi connectivity index (χ1) is 8.26. The molecule has 0 aliphatic carbocycles. The average Bonchev–Trinajstić information content (AvgIpc) is 2.28. The third-order valence-electron chi connectivity index (χ3n) is 2.13. The molecule has 0 radical (unpaired) electrons. The Morgan fingerprint density at radius 2 is 2.12 bits per heavy atom. The van der Waals surface area contributed by atoms with E-state index in [1.54, 1.807) is 7.11 Å². The highest BCUT2D eigenvalue weighted by molar-refractivity contribution is 5.35. The van der Waals surface area contributed by atoms with Gasteiger partial charge in [-0.1, -0.05) is 0 Å². The van der Waals surface area contributed by atoms with Crippen LogP contribution in [0.5, 0.6) is 0 Å². The van der Waals surface area contributed by atoms with E-state index >= 15 is 0 Å². The number of anilines is 1. The predicted octanol–water partition coefficient (Wildman–Crippen LogP) is 1.77. The molecule has 0 spiro atoms. The second-order valence-corrected chi connectivity index (χ2v) is 3.74. The van der Waals surface area contributed by atoms with Gasteiger partial charge in [0.2, 0.25) is 0 Å². The normalized spacial score (nSPS) is 10.5. The van der Waals surface area contributed by atoms with Crippen LogP contribution >= 0.6 is 0 Å². The van der Waals surface area contributed by atoms with Gasteiger partial charge in [0.15, 0.2) is 5.82 Å². The van der Waals surface area contributed by atoms with Crippen molar-refractivity contribution in [3.05, 3.63) is 17.6 Å². The summed E-state index contributed by atoms with van der Waals surface area (Å²) in [5.41, 5.74) is 0.950. The van der Waals surface area contributed by atoms with Crippen LogP contribution in [0.1, 0.15) is 24.9 Å². The number of methoxy groups -OCH3 is 1. The molecule has 1 heterocycles. The molecule has 0 unspecified atom stereocenters. The standard InChI is InChI=1S/C12H21N3O2/c1-4-13-11-8-10(2)14-12(15-11)9-17-7-5-6-16-3/h8H,4-7,9H2,1-3H3,(H,13,14,15). The third-order valence-corrected chi connectivity index (χ3v) is 2.13. The highest BCUT2D eigenvalue weighted by Gasteiger charge is 2.01. The van der Waals surface area contributed by atoms with Crippen LogP contribution in [-0.4, -0.2) is 36.8 Å². The maximum absolute atomic E-state index is 5.48.